The van der Waals surface area contributed by atoms with Crippen molar-refractivity contribution in [3.05, 3.63) is 0 Å². The van der Waals surface area contributed by atoms with Crippen LogP contribution in [0.1, 0.15) is 71.1 Å². The van der Waals surface area contributed by atoms with Crippen LogP contribution in [0.3, 0.4) is 0 Å². The third-order valence-electron chi connectivity index (χ3n) is 4.72. The van der Waals surface area contributed by atoms with Crippen molar-refractivity contribution < 1.29 is 45.0 Å². The zero-order chi connectivity index (χ0) is 21.0. The third-order valence-corrected chi connectivity index (χ3v) is 4.72. The Balaban J connectivity index is 4.67. The summed E-state index contributed by atoms with van der Waals surface area (Å²) in [5.41, 5.74) is -3.55. The van der Waals surface area contributed by atoms with Crippen molar-refractivity contribution in [1.82, 2.24) is 0 Å². The topological polar surface area (TPSA) is 173 Å². The lowest BCUT2D eigenvalue weighted by Gasteiger charge is -2.34. The molecule has 0 aromatic carbocycles. The van der Waals surface area contributed by atoms with Crippen LogP contribution >= 0.6 is 0 Å². The van der Waals surface area contributed by atoms with Gasteiger partial charge in [-0.2, -0.15) is 0 Å². The van der Waals surface area contributed by atoms with E-state index in [4.69, 9.17) is 10.2 Å². The van der Waals surface area contributed by atoms with Gasteiger partial charge in [0.05, 0.1) is 6.10 Å². The Morgan fingerprint density at radius 2 is 1.22 bits per heavy atom. The Morgan fingerprint density at radius 1 is 0.778 bits per heavy atom. The van der Waals surface area contributed by atoms with Crippen LogP contribution in [0.15, 0.2) is 0 Å². The van der Waals surface area contributed by atoms with Crippen molar-refractivity contribution in [2.45, 2.75) is 88.9 Å². The summed E-state index contributed by atoms with van der Waals surface area (Å²) in [6.07, 6.45) is 3.90. The highest BCUT2D eigenvalue weighted by atomic mass is 16.4. The first kappa shape index (κ1) is 25.3. The average Bonchev–Trinajstić information content (AvgIpc) is 2.58. The zero-order valence-electron chi connectivity index (χ0n) is 15.7. The highest BCUT2D eigenvalue weighted by Crippen LogP contribution is 2.29. The molecule has 0 saturated heterocycles. The van der Waals surface area contributed by atoms with E-state index in [9.17, 15) is 34.8 Å². The molecule has 0 aliphatic rings. The number of hydrogen-bond donors (Lipinski definition) is 6. The summed E-state index contributed by atoms with van der Waals surface area (Å²) in [7, 11) is 0. The molecule has 0 aliphatic carbocycles. The number of aliphatic hydroxyl groups is 3. The van der Waals surface area contributed by atoms with Gasteiger partial charge in [0, 0.05) is 0 Å². The van der Waals surface area contributed by atoms with Crippen LogP contribution in [-0.2, 0) is 14.4 Å². The summed E-state index contributed by atoms with van der Waals surface area (Å²) in [6.45, 7) is 2.14. The normalized spacial score (nSPS) is 16.9. The van der Waals surface area contributed by atoms with Gasteiger partial charge in [0.2, 0.25) is 5.60 Å². The smallest absolute Gasteiger partial charge is 0.340 e. The Hall–Kier alpha value is -1.71. The Kier molecular flexibility index (Phi) is 11.8. The van der Waals surface area contributed by atoms with Crippen molar-refractivity contribution in [2.75, 3.05) is 0 Å². The second-order valence-electron chi connectivity index (χ2n) is 6.87. The molecule has 0 heterocycles. The molecule has 27 heavy (non-hydrogen) atoms. The van der Waals surface area contributed by atoms with E-state index in [0.29, 0.717) is 12.8 Å². The first-order chi connectivity index (χ1) is 12.6. The third kappa shape index (κ3) is 7.82. The summed E-state index contributed by atoms with van der Waals surface area (Å²) >= 11 is 0. The van der Waals surface area contributed by atoms with Gasteiger partial charge in [0.15, 0.2) is 6.10 Å². The van der Waals surface area contributed by atoms with Gasteiger partial charge in [-0.3, -0.25) is 4.79 Å². The van der Waals surface area contributed by atoms with Gasteiger partial charge in [-0.25, -0.2) is 9.59 Å². The molecule has 0 amide bonds. The highest BCUT2D eigenvalue weighted by molar-refractivity contribution is 5.92. The summed E-state index contributed by atoms with van der Waals surface area (Å²) < 4.78 is 0. The van der Waals surface area contributed by atoms with Crippen molar-refractivity contribution in [3.8, 4) is 0 Å². The monoisotopic (exact) mass is 392 g/mol. The molecule has 0 saturated carbocycles. The van der Waals surface area contributed by atoms with Gasteiger partial charge in [0.25, 0.3) is 0 Å². The molecule has 0 aliphatic heterocycles. The van der Waals surface area contributed by atoms with E-state index in [2.05, 4.69) is 6.92 Å². The molecule has 0 fully saturated rings. The maximum atomic E-state index is 11.4. The van der Waals surface area contributed by atoms with Gasteiger partial charge in [-0.1, -0.05) is 64.7 Å². The summed E-state index contributed by atoms with van der Waals surface area (Å²) in [6, 6.07) is 0. The maximum Gasteiger partial charge on any atom is 0.340 e. The summed E-state index contributed by atoms with van der Waals surface area (Å²) in [5, 5.41) is 56.8. The second kappa shape index (κ2) is 12.6. The lowest BCUT2D eigenvalue weighted by Crippen LogP contribution is -2.63. The molecule has 4 atom stereocenters. The molecular weight excluding hydrogens is 360 g/mol. The second-order valence-corrected chi connectivity index (χ2v) is 6.87. The number of rotatable bonds is 16. The van der Waals surface area contributed by atoms with Crippen molar-refractivity contribution in [1.29, 1.82) is 0 Å². The molecule has 0 aromatic rings. The summed E-state index contributed by atoms with van der Waals surface area (Å²) in [5.74, 6) is -8.60. The van der Waals surface area contributed by atoms with Crippen molar-refractivity contribution in [3.63, 3.8) is 0 Å². The first-order valence-corrected chi connectivity index (χ1v) is 9.38. The quantitative estimate of drug-likeness (QED) is 0.211. The maximum absolute atomic E-state index is 11.4. The van der Waals surface area contributed by atoms with Crippen molar-refractivity contribution >= 4 is 17.9 Å². The molecule has 0 aromatic heterocycles. The van der Waals surface area contributed by atoms with Gasteiger partial charge < -0.3 is 30.6 Å². The molecule has 0 radical (unpaired) electrons. The van der Waals surface area contributed by atoms with E-state index >= 15 is 0 Å². The fraction of sp³-hybridized carbons (Fsp3) is 0.833. The van der Waals surface area contributed by atoms with E-state index in [-0.39, 0.29) is 6.42 Å². The average molecular weight is 392 g/mol. The molecule has 0 rings (SSSR count). The van der Waals surface area contributed by atoms with E-state index in [0.717, 1.165) is 25.7 Å². The van der Waals surface area contributed by atoms with Gasteiger partial charge in [-0.15, -0.1) is 0 Å². The Morgan fingerprint density at radius 3 is 1.59 bits per heavy atom. The van der Waals surface area contributed by atoms with Crippen LogP contribution in [0.5, 0.6) is 0 Å². The molecule has 0 bridgehead atoms. The number of carboxylic acids is 3. The lowest BCUT2D eigenvalue weighted by molar-refractivity contribution is -0.205. The molecule has 158 valence electrons. The van der Waals surface area contributed by atoms with Gasteiger partial charge in [0.1, 0.15) is 5.92 Å². The molecule has 9 nitrogen and oxygen atoms in total. The van der Waals surface area contributed by atoms with E-state index in [1.165, 1.54) is 19.3 Å². The minimum atomic E-state index is -3.55. The zero-order valence-corrected chi connectivity index (χ0v) is 15.7. The fourth-order valence-electron chi connectivity index (χ4n) is 3.09. The van der Waals surface area contributed by atoms with Crippen molar-refractivity contribution in [2.24, 2.45) is 5.92 Å². The Labute approximate surface area is 158 Å². The minimum absolute atomic E-state index is 0.130. The standard InChI is InChI=1S/C18H32O9/c1-2-3-4-5-6-7-8-9-10-11-12(19)13(15(21)22)18(27,17(25)26)14(20)16(23)24/h12-14,19-20,27H,2-11H2,1H3,(H,21,22)(H,23,24)(H,25,26). The highest BCUT2D eigenvalue weighted by Gasteiger charge is 2.59. The lowest BCUT2D eigenvalue weighted by atomic mass is 9.77. The predicted octanol–water partition coefficient (Wildman–Crippen LogP) is 1.23. The van der Waals surface area contributed by atoms with E-state index in [1.807, 2.05) is 0 Å². The molecule has 6 N–H and O–H groups in total. The van der Waals surface area contributed by atoms with Gasteiger partial charge in [-0.05, 0) is 6.42 Å². The number of aliphatic hydroxyl groups excluding tert-OH is 2. The molecule has 9 heteroatoms. The van der Waals surface area contributed by atoms with Crippen LogP contribution in [0.2, 0.25) is 0 Å². The van der Waals surface area contributed by atoms with Crippen LogP contribution < -0.4 is 0 Å². The predicted molar refractivity (Wildman–Crippen MR) is 95.2 cm³/mol. The fourth-order valence-corrected chi connectivity index (χ4v) is 3.09. The van der Waals surface area contributed by atoms with Crippen LogP contribution in [0.4, 0.5) is 0 Å². The minimum Gasteiger partial charge on any atom is -0.481 e. The number of aliphatic carboxylic acids is 3. The van der Waals surface area contributed by atoms with Gasteiger partial charge >= 0.3 is 17.9 Å². The van der Waals surface area contributed by atoms with Crippen LogP contribution in [-0.4, -0.2) is 66.4 Å². The van der Waals surface area contributed by atoms with Crippen LogP contribution in [0, 0.1) is 5.92 Å². The summed E-state index contributed by atoms with van der Waals surface area (Å²) in [4.78, 5) is 33.6. The number of hydrogen-bond acceptors (Lipinski definition) is 6. The molecule has 4 unspecified atom stereocenters. The Bertz CT molecular complexity index is 479. The molecular formula is C18H32O9. The largest absolute Gasteiger partial charge is 0.481 e. The number of unbranched alkanes of at least 4 members (excludes halogenated alkanes) is 8. The number of carboxylic acid groups (broad SMARTS) is 3. The van der Waals surface area contributed by atoms with E-state index in [1.54, 1.807) is 0 Å². The number of carbonyl (C=O) groups is 3. The first-order valence-electron chi connectivity index (χ1n) is 9.38. The molecule has 0 spiro atoms. The van der Waals surface area contributed by atoms with E-state index < -0.39 is 41.6 Å². The SMILES string of the molecule is CCCCCCCCCCCC(O)C(C(=O)O)C(O)(C(=O)O)C(O)C(=O)O. The van der Waals surface area contributed by atoms with Crippen LogP contribution in [0.25, 0.3) is 0 Å².